The molecular formula is C20H34N4O3S. The van der Waals surface area contributed by atoms with Crippen LogP contribution >= 0.6 is 0 Å². The van der Waals surface area contributed by atoms with Crippen molar-refractivity contribution in [1.29, 1.82) is 0 Å². The lowest BCUT2D eigenvalue weighted by atomic mass is 9.99. The highest BCUT2D eigenvalue weighted by Crippen LogP contribution is 2.15. The summed E-state index contributed by atoms with van der Waals surface area (Å²) in [5.74, 6) is 0.915. The molecule has 1 fully saturated rings. The van der Waals surface area contributed by atoms with E-state index >= 15 is 0 Å². The van der Waals surface area contributed by atoms with Gasteiger partial charge in [-0.3, -0.25) is 4.99 Å². The lowest BCUT2D eigenvalue weighted by Crippen LogP contribution is -2.43. The third-order valence-electron chi connectivity index (χ3n) is 4.88. The van der Waals surface area contributed by atoms with Crippen LogP contribution in [0.3, 0.4) is 0 Å². The van der Waals surface area contributed by atoms with E-state index in [1.165, 1.54) is 11.1 Å². The molecule has 0 spiro atoms. The van der Waals surface area contributed by atoms with Gasteiger partial charge in [-0.2, -0.15) is 0 Å². The van der Waals surface area contributed by atoms with Gasteiger partial charge in [-0.25, -0.2) is 13.1 Å². The van der Waals surface area contributed by atoms with Crippen LogP contribution in [0.1, 0.15) is 43.2 Å². The SMILES string of the molecule is CN=C(NCCS(=O)(=O)NCC1CCCCO1)NCC(C)c1cccc(C)c1. The highest BCUT2D eigenvalue weighted by atomic mass is 32.2. The molecule has 1 aromatic rings. The van der Waals surface area contributed by atoms with Crippen molar-refractivity contribution in [2.24, 2.45) is 4.99 Å². The number of benzene rings is 1. The fourth-order valence-corrected chi connectivity index (χ4v) is 4.08. The molecule has 1 aliphatic heterocycles. The first-order chi connectivity index (χ1) is 13.4. The van der Waals surface area contributed by atoms with E-state index in [1.54, 1.807) is 7.05 Å². The van der Waals surface area contributed by atoms with Crippen LogP contribution in [0.2, 0.25) is 0 Å². The summed E-state index contributed by atoms with van der Waals surface area (Å²) >= 11 is 0. The van der Waals surface area contributed by atoms with E-state index in [1.807, 2.05) is 0 Å². The highest BCUT2D eigenvalue weighted by molar-refractivity contribution is 7.89. The Morgan fingerprint density at radius 1 is 1.32 bits per heavy atom. The van der Waals surface area contributed by atoms with Gasteiger partial charge in [0.1, 0.15) is 0 Å². The third kappa shape index (κ3) is 8.16. The van der Waals surface area contributed by atoms with Crippen LogP contribution in [0.4, 0.5) is 0 Å². The molecule has 0 radical (unpaired) electrons. The van der Waals surface area contributed by atoms with E-state index in [9.17, 15) is 8.42 Å². The monoisotopic (exact) mass is 410 g/mol. The number of hydrogen-bond donors (Lipinski definition) is 3. The van der Waals surface area contributed by atoms with Crippen molar-refractivity contribution >= 4 is 16.0 Å². The Hall–Kier alpha value is -1.64. The van der Waals surface area contributed by atoms with Crippen molar-refractivity contribution in [2.45, 2.75) is 45.1 Å². The quantitative estimate of drug-likeness (QED) is 0.426. The molecule has 0 saturated carbocycles. The topological polar surface area (TPSA) is 91.8 Å². The van der Waals surface area contributed by atoms with Crippen LogP contribution in [0.25, 0.3) is 0 Å². The predicted octanol–water partition coefficient (Wildman–Crippen LogP) is 1.75. The Labute approximate surface area is 169 Å². The summed E-state index contributed by atoms with van der Waals surface area (Å²) in [5.41, 5.74) is 2.50. The van der Waals surface area contributed by atoms with Gasteiger partial charge >= 0.3 is 0 Å². The first kappa shape index (κ1) is 22.6. The zero-order valence-corrected chi connectivity index (χ0v) is 18.0. The van der Waals surface area contributed by atoms with Crippen molar-refractivity contribution in [2.75, 3.05) is 39.0 Å². The number of nitrogens with zero attached hydrogens (tertiary/aromatic N) is 1. The molecule has 2 rings (SSSR count). The summed E-state index contributed by atoms with van der Waals surface area (Å²) < 4.78 is 32.5. The molecule has 2 atom stereocenters. The van der Waals surface area contributed by atoms with Gasteiger partial charge in [0.25, 0.3) is 0 Å². The maximum Gasteiger partial charge on any atom is 0.213 e. The zero-order chi connectivity index (χ0) is 20.4. The lowest BCUT2D eigenvalue weighted by molar-refractivity contribution is 0.0200. The maximum atomic E-state index is 12.2. The van der Waals surface area contributed by atoms with Crippen LogP contribution < -0.4 is 15.4 Å². The number of sulfonamides is 1. The fourth-order valence-electron chi connectivity index (χ4n) is 3.13. The average molecular weight is 411 g/mol. The van der Waals surface area contributed by atoms with Gasteiger partial charge in [-0.15, -0.1) is 0 Å². The predicted molar refractivity (Wildman–Crippen MR) is 114 cm³/mol. The molecule has 2 unspecified atom stereocenters. The minimum Gasteiger partial charge on any atom is -0.377 e. The molecule has 28 heavy (non-hydrogen) atoms. The molecule has 0 aliphatic carbocycles. The normalized spacial score (nSPS) is 19.2. The molecule has 0 aromatic heterocycles. The van der Waals surface area contributed by atoms with Crippen molar-refractivity contribution < 1.29 is 13.2 Å². The summed E-state index contributed by atoms with van der Waals surface area (Å²) in [7, 11) is -1.66. The van der Waals surface area contributed by atoms with E-state index in [2.05, 4.69) is 58.5 Å². The van der Waals surface area contributed by atoms with Gasteiger partial charge in [0.15, 0.2) is 5.96 Å². The molecule has 1 saturated heterocycles. The van der Waals surface area contributed by atoms with Gasteiger partial charge in [0.05, 0.1) is 11.9 Å². The molecular weight excluding hydrogens is 376 g/mol. The second kappa shape index (κ2) is 11.4. The first-order valence-corrected chi connectivity index (χ1v) is 11.6. The standard InChI is InChI=1S/C20H34N4O3S/c1-16-7-6-8-18(13-16)17(2)14-23-20(21-3)22-10-12-28(25,26)24-15-19-9-4-5-11-27-19/h6-8,13,17,19,24H,4-5,9-12,14-15H2,1-3H3,(H2,21,22,23). The Morgan fingerprint density at radius 2 is 2.14 bits per heavy atom. The number of aryl methyl sites for hydroxylation is 1. The van der Waals surface area contributed by atoms with Crippen LogP contribution in [0.5, 0.6) is 0 Å². The first-order valence-electron chi connectivity index (χ1n) is 9.99. The molecule has 3 N–H and O–H groups in total. The van der Waals surface area contributed by atoms with Gasteiger partial charge in [-0.05, 0) is 37.7 Å². The number of nitrogens with one attached hydrogen (secondary N) is 3. The number of hydrogen-bond acceptors (Lipinski definition) is 4. The second-order valence-electron chi connectivity index (χ2n) is 7.35. The van der Waals surface area contributed by atoms with Crippen molar-refractivity contribution in [3.05, 3.63) is 35.4 Å². The molecule has 1 aliphatic rings. The van der Waals surface area contributed by atoms with Crippen LogP contribution in [-0.2, 0) is 14.8 Å². The molecule has 1 heterocycles. The van der Waals surface area contributed by atoms with E-state index < -0.39 is 10.0 Å². The molecule has 7 nitrogen and oxygen atoms in total. The zero-order valence-electron chi connectivity index (χ0n) is 17.2. The molecule has 0 bridgehead atoms. The van der Waals surface area contributed by atoms with Gasteiger partial charge in [-0.1, -0.05) is 36.8 Å². The van der Waals surface area contributed by atoms with E-state index in [-0.39, 0.29) is 11.9 Å². The largest absolute Gasteiger partial charge is 0.377 e. The summed E-state index contributed by atoms with van der Waals surface area (Å²) in [4.78, 5) is 4.17. The Bertz CT molecular complexity index is 731. The van der Waals surface area contributed by atoms with Crippen LogP contribution in [0, 0.1) is 6.92 Å². The second-order valence-corrected chi connectivity index (χ2v) is 9.28. The maximum absolute atomic E-state index is 12.2. The molecule has 0 amide bonds. The number of aliphatic imine (C=N–C) groups is 1. The van der Waals surface area contributed by atoms with E-state index in [0.717, 1.165) is 25.9 Å². The molecule has 8 heteroatoms. The van der Waals surface area contributed by atoms with E-state index in [4.69, 9.17) is 4.74 Å². The smallest absolute Gasteiger partial charge is 0.213 e. The average Bonchev–Trinajstić information content (AvgIpc) is 2.69. The van der Waals surface area contributed by atoms with Crippen LogP contribution in [0.15, 0.2) is 29.3 Å². The van der Waals surface area contributed by atoms with Gasteiger partial charge in [0, 0.05) is 33.3 Å². The lowest BCUT2D eigenvalue weighted by Gasteiger charge is -2.22. The van der Waals surface area contributed by atoms with E-state index in [0.29, 0.717) is 31.5 Å². The van der Waals surface area contributed by atoms with Crippen molar-refractivity contribution in [1.82, 2.24) is 15.4 Å². The fraction of sp³-hybridized carbons (Fsp3) is 0.650. The van der Waals surface area contributed by atoms with Gasteiger partial charge in [0.2, 0.25) is 10.0 Å². The minimum atomic E-state index is -3.34. The van der Waals surface area contributed by atoms with Crippen molar-refractivity contribution in [3.8, 4) is 0 Å². The summed E-state index contributed by atoms with van der Waals surface area (Å²) in [6.07, 6.45) is 3.06. The highest BCUT2D eigenvalue weighted by Gasteiger charge is 2.17. The Kier molecular flexibility index (Phi) is 9.21. The van der Waals surface area contributed by atoms with Crippen molar-refractivity contribution in [3.63, 3.8) is 0 Å². The summed E-state index contributed by atoms with van der Waals surface area (Å²) in [6.45, 7) is 6.31. The molecule has 158 valence electrons. The Balaban J connectivity index is 1.69. The molecule has 1 aromatic carbocycles. The van der Waals surface area contributed by atoms with Gasteiger partial charge < -0.3 is 15.4 Å². The minimum absolute atomic E-state index is 0.00553. The third-order valence-corrected chi connectivity index (χ3v) is 6.23. The Morgan fingerprint density at radius 3 is 2.82 bits per heavy atom. The summed E-state index contributed by atoms with van der Waals surface area (Å²) in [6, 6.07) is 8.43. The van der Waals surface area contributed by atoms with Crippen LogP contribution in [-0.4, -0.2) is 59.5 Å². The summed E-state index contributed by atoms with van der Waals surface area (Å²) in [5, 5.41) is 6.33. The number of ether oxygens (including phenoxy) is 1. The number of rotatable bonds is 9. The number of guanidine groups is 1.